The summed E-state index contributed by atoms with van der Waals surface area (Å²) in [4.78, 5) is 2.25. The van der Waals surface area contributed by atoms with Gasteiger partial charge in [0.25, 0.3) is 0 Å². The van der Waals surface area contributed by atoms with Crippen molar-refractivity contribution >= 4 is 17.7 Å². The summed E-state index contributed by atoms with van der Waals surface area (Å²) in [7, 11) is 0. The summed E-state index contributed by atoms with van der Waals surface area (Å²) in [6.45, 7) is 8.72. The Morgan fingerprint density at radius 2 is 2.14 bits per heavy atom. The highest BCUT2D eigenvalue weighted by Gasteiger charge is 2.24. The molecule has 116 valence electrons. The SMILES string of the molecule is C=CCSc1nnc(N2CCOCC2)n1CC1CCCO1. The van der Waals surface area contributed by atoms with Gasteiger partial charge in [-0.25, -0.2) is 0 Å². The van der Waals surface area contributed by atoms with E-state index in [4.69, 9.17) is 9.47 Å². The molecule has 1 aromatic rings. The Balaban J connectivity index is 1.79. The van der Waals surface area contributed by atoms with Gasteiger partial charge in [0, 0.05) is 25.4 Å². The number of thioether (sulfide) groups is 1. The summed E-state index contributed by atoms with van der Waals surface area (Å²) in [5.41, 5.74) is 0. The van der Waals surface area contributed by atoms with Crippen LogP contribution < -0.4 is 4.90 Å². The molecular formula is C14H22N4O2S. The minimum Gasteiger partial charge on any atom is -0.378 e. The Kier molecular flexibility index (Phi) is 5.16. The van der Waals surface area contributed by atoms with Crippen LogP contribution in [0.4, 0.5) is 5.95 Å². The largest absolute Gasteiger partial charge is 0.378 e. The predicted molar refractivity (Wildman–Crippen MR) is 82.9 cm³/mol. The highest BCUT2D eigenvalue weighted by atomic mass is 32.2. The van der Waals surface area contributed by atoms with Gasteiger partial charge in [-0.2, -0.15) is 0 Å². The molecule has 6 nitrogen and oxygen atoms in total. The Bertz CT molecular complexity index is 468. The molecule has 0 amide bonds. The van der Waals surface area contributed by atoms with Crippen molar-refractivity contribution in [3.8, 4) is 0 Å². The lowest BCUT2D eigenvalue weighted by Crippen LogP contribution is -2.38. The van der Waals surface area contributed by atoms with E-state index >= 15 is 0 Å². The maximum Gasteiger partial charge on any atom is 0.228 e. The van der Waals surface area contributed by atoms with Crippen molar-refractivity contribution in [2.24, 2.45) is 0 Å². The number of ether oxygens (including phenoxy) is 2. The zero-order valence-electron chi connectivity index (χ0n) is 12.2. The first kappa shape index (κ1) is 14.9. The third-order valence-electron chi connectivity index (χ3n) is 3.73. The molecule has 2 fully saturated rings. The smallest absolute Gasteiger partial charge is 0.228 e. The van der Waals surface area contributed by atoms with Crippen molar-refractivity contribution in [3.05, 3.63) is 12.7 Å². The van der Waals surface area contributed by atoms with Crippen LogP contribution in [0.3, 0.4) is 0 Å². The van der Waals surface area contributed by atoms with Crippen LogP contribution in [-0.4, -0.2) is 59.5 Å². The van der Waals surface area contributed by atoms with E-state index in [1.165, 1.54) is 0 Å². The highest BCUT2D eigenvalue weighted by Crippen LogP contribution is 2.25. The van der Waals surface area contributed by atoms with E-state index in [0.29, 0.717) is 0 Å². The molecule has 3 heterocycles. The van der Waals surface area contributed by atoms with Gasteiger partial charge in [0.15, 0.2) is 5.16 Å². The summed E-state index contributed by atoms with van der Waals surface area (Å²) in [5, 5.41) is 9.72. The van der Waals surface area contributed by atoms with Crippen molar-refractivity contribution in [3.63, 3.8) is 0 Å². The summed E-state index contributed by atoms with van der Waals surface area (Å²) < 4.78 is 13.4. The molecule has 2 aliphatic heterocycles. The van der Waals surface area contributed by atoms with Crippen LogP contribution in [0, 0.1) is 0 Å². The lowest BCUT2D eigenvalue weighted by atomic mass is 10.2. The minimum atomic E-state index is 0.281. The van der Waals surface area contributed by atoms with Crippen LogP contribution in [0.1, 0.15) is 12.8 Å². The second-order valence-corrected chi connectivity index (χ2v) is 6.21. The third-order valence-corrected chi connectivity index (χ3v) is 4.69. The molecule has 0 bridgehead atoms. The van der Waals surface area contributed by atoms with Gasteiger partial charge >= 0.3 is 0 Å². The number of nitrogens with zero attached hydrogens (tertiary/aromatic N) is 4. The van der Waals surface area contributed by atoms with E-state index in [-0.39, 0.29) is 6.10 Å². The number of morpholine rings is 1. The number of hydrogen-bond acceptors (Lipinski definition) is 6. The molecule has 0 spiro atoms. The maximum absolute atomic E-state index is 5.78. The van der Waals surface area contributed by atoms with Gasteiger partial charge in [-0.3, -0.25) is 4.57 Å². The van der Waals surface area contributed by atoms with E-state index in [2.05, 4.69) is 26.2 Å². The topological polar surface area (TPSA) is 52.4 Å². The van der Waals surface area contributed by atoms with E-state index in [1.807, 2.05) is 6.08 Å². The number of anilines is 1. The molecule has 0 aliphatic carbocycles. The standard InChI is InChI=1S/C14H22N4O2S/c1-2-10-21-14-16-15-13(17-5-8-19-9-6-17)18(14)11-12-4-3-7-20-12/h2,12H,1,3-11H2. The van der Waals surface area contributed by atoms with Crippen LogP contribution in [0.25, 0.3) is 0 Å². The van der Waals surface area contributed by atoms with Crippen LogP contribution >= 0.6 is 11.8 Å². The third kappa shape index (κ3) is 3.59. The molecule has 3 rings (SSSR count). The molecule has 0 saturated carbocycles. The fourth-order valence-corrected chi connectivity index (χ4v) is 3.35. The summed E-state index contributed by atoms with van der Waals surface area (Å²) >= 11 is 1.67. The van der Waals surface area contributed by atoms with E-state index < -0.39 is 0 Å². The number of aromatic nitrogens is 3. The second kappa shape index (κ2) is 7.29. The zero-order valence-corrected chi connectivity index (χ0v) is 13.1. The second-order valence-electron chi connectivity index (χ2n) is 5.23. The van der Waals surface area contributed by atoms with Gasteiger partial charge in [-0.15, -0.1) is 16.8 Å². The van der Waals surface area contributed by atoms with Crippen LogP contribution in [0.5, 0.6) is 0 Å². The normalized spacial score (nSPS) is 22.7. The molecule has 1 unspecified atom stereocenters. The fraction of sp³-hybridized carbons (Fsp3) is 0.714. The molecule has 7 heteroatoms. The summed E-state index contributed by atoms with van der Waals surface area (Å²) in [6.07, 6.45) is 4.44. The lowest BCUT2D eigenvalue weighted by molar-refractivity contribution is 0.0942. The molecule has 0 aromatic carbocycles. The molecule has 21 heavy (non-hydrogen) atoms. The van der Waals surface area contributed by atoms with Gasteiger partial charge in [-0.1, -0.05) is 17.8 Å². The molecule has 0 radical (unpaired) electrons. The van der Waals surface area contributed by atoms with Crippen molar-refractivity contribution in [2.75, 3.05) is 43.6 Å². The number of rotatable bonds is 6. The lowest BCUT2D eigenvalue weighted by Gasteiger charge is -2.28. The quantitative estimate of drug-likeness (QED) is 0.587. The Labute approximate surface area is 129 Å². The molecule has 2 saturated heterocycles. The van der Waals surface area contributed by atoms with Crippen LogP contribution in [0.2, 0.25) is 0 Å². The average molecular weight is 310 g/mol. The van der Waals surface area contributed by atoms with Gasteiger partial charge < -0.3 is 14.4 Å². The van der Waals surface area contributed by atoms with Crippen molar-refractivity contribution in [1.82, 2.24) is 14.8 Å². The van der Waals surface area contributed by atoms with Crippen molar-refractivity contribution in [1.29, 1.82) is 0 Å². The van der Waals surface area contributed by atoms with Gasteiger partial charge in [0.2, 0.25) is 5.95 Å². The molecule has 1 atom stereocenters. The summed E-state index contributed by atoms with van der Waals surface area (Å²) in [6, 6.07) is 0. The summed E-state index contributed by atoms with van der Waals surface area (Å²) in [5.74, 6) is 1.78. The average Bonchev–Trinajstić information content (AvgIpc) is 3.17. The van der Waals surface area contributed by atoms with Gasteiger partial charge in [-0.05, 0) is 12.8 Å². The first-order valence-electron chi connectivity index (χ1n) is 7.49. The maximum atomic E-state index is 5.78. The van der Waals surface area contributed by atoms with Crippen molar-refractivity contribution < 1.29 is 9.47 Å². The van der Waals surface area contributed by atoms with Crippen LogP contribution in [0.15, 0.2) is 17.8 Å². The van der Waals surface area contributed by atoms with Gasteiger partial charge in [0.1, 0.15) is 0 Å². The van der Waals surface area contributed by atoms with Crippen molar-refractivity contribution in [2.45, 2.75) is 30.6 Å². The van der Waals surface area contributed by atoms with Crippen LogP contribution in [-0.2, 0) is 16.0 Å². The Morgan fingerprint density at radius 1 is 1.29 bits per heavy atom. The molecule has 2 aliphatic rings. The Hall–Kier alpha value is -1.05. The Morgan fingerprint density at radius 3 is 2.86 bits per heavy atom. The number of hydrogen-bond donors (Lipinski definition) is 0. The highest BCUT2D eigenvalue weighted by molar-refractivity contribution is 7.99. The zero-order chi connectivity index (χ0) is 14.5. The first-order chi connectivity index (χ1) is 10.4. The fourth-order valence-electron chi connectivity index (χ4n) is 2.67. The van der Waals surface area contributed by atoms with E-state index in [1.54, 1.807) is 11.8 Å². The van der Waals surface area contributed by atoms with E-state index in [9.17, 15) is 0 Å². The monoisotopic (exact) mass is 310 g/mol. The molecule has 1 aromatic heterocycles. The first-order valence-corrected chi connectivity index (χ1v) is 8.48. The minimum absolute atomic E-state index is 0.281. The van der Waals surface area contributed by atoms with E-state index in [0.717, 1.165) is 69.2 Å². The predicted octanol–water partition coefficient (Wildman–Crippen LogP) is 1.57. The molecule has 0 N–H and O–H groups in total. The molecular weight excluding hydrogens is 288 g/mol. The van der Waals surface area contributed by atoms with Gasteiger partial charge in [0.05, 0.1) is 25.9 Å².